The van der Waals surface area contributed by atoms with Crippen molar-refractivity contribution in [1.29, 1.82) is 0 Å². The molecule has 3 nitrogen and oxygen atoms in total. The molecule has 0 bridgehead atoms. The molecule has 0 amide bonds. The Hall–Kier alpha value is -1.19. The highest BCUT2D eigenvalue weighted by Crippen LogP contribution is 2.52. The van der Waals surface area contributed by atoms with Crippen molar-refractivity contribution in [2.75, 3.05) is 0 Å². The van der Waals surface area contributed by atoms with E-state index in [-0.39, 0.29) is 0 Å². The fourth-order valence-electron chi connectivity index (χ4n) is 0.771. The van der Waals surface area contributed by atoms with Gasteiger partial charge >= 0.3 is 39.7 Å². The first-order chi connectivity index (χ1) is 9.31. The zero-order chi connectivity index (χ0) is 18.4. The summed E-state index contributed by atoms with van der Waals surface area (Å²) in [5, 5.41) is -7.37. The molecule has 0 aliphatic rings. The topological polar surface area (TPSA) is 43.4 Å². The Morgan fingerprint density at radius 2 is 1.18 bits per heavy atom. The standard InChI is InChI=1S/C6F12O3S/c7-1(2(8)9)3(10,11)21-4(12,5(13,14)15)6(16,17)22(18,19)20. The van der Waals surface area contributed by atoms with Gasteiger partial charge in [0.1, 0.15) is 0 Å². The van der Waals surface area contributed by atoms with Crippen LogP contribution in [0.2, 0.25) is 0 Å². The number of ether oxygens (including phenoxy) is 1. The number of hydrogen-bond donors (Lipinski definition) is 0. The maximum atomic E-state index is 13.1. The van der Waals surface area contributed by atoms with Gasteiger partial charge in [-0.2, -0.15) is 56.7 Å². The van der Waals surface area contributed by atoms with E-state index in [0.29, 0.717) is 0 Å². The molecular weight excluding hydrogens is 380 g/mol. The van der Waals surface area contributed by atoms with Gasteiger partial charge in [0.05, 0.1) is 0 Å². The molecule has 132 valence electrons. The van der Waals surface area contributed by atoms with Crippen LogP contribution in [0.4, 0.5) is 52.2 Å². The Labute approximate surface area is 112 Å². The molecule has 0 saturated heterocycles. The van der Waals surface area contributed by atoms with Crippen LogP contribution in [0.15, 0.2) is 11.9 Å². The summed E-state index contributed by atoms with van der Waals surface area (Å²) in [4.78, 5) is 0. The quantitative estimate of drug-likeness (QED) is 0.539. The molecule has 0 aliphatic carbocycles. The second kappa shape index (κ2) is 5.47. The van der Waals surface area contributed by atoms with Crippen molar-refractivity contribution >= 4 is 10.2 Å². The SMILES string of the molecule is O=S(=O)(F)C(F)(F)C(F)(OC(F)(F)C(F)=C(F)F)C(F)(F)F. The average Bonchev–Trinajstić information content (AvgIpc) is 2.23. The third-order valence-corrected chi connectivity index (χ3v) is 2.61. The van der Waals surface area contributed by atoms with Gasteiger partial charge in [-0.25, -0.2) is 0 Å². The molecule has 0 aliphatic heterocycles. The zero-order valence-electron chi connectivity index (χ0n) is 9.17. The number of alkyl halides is 8. The van der Waals surface area contributed by atoms with Gasteiger partial charge in [-0.1, -0.05) is 3.89 Å². The van der Waals surface area contributed by atoms with E-state index in [9.17, 15) is 60.6 Å². The second-order valence-corrected chi connectivity index (χ2v) is 4.63. The molecule has 0 aromatic carbocycles. The van der Waals surface area contributed by atoms with Gasteiger partial charge in [0.15, 0.2) is 0 Å². The molecule has 0 saturated carbocycles. The van der Waals surface area contributed by atoms with Crippen LogP contribution in [-0.4, -0.2) is 31.8 Å². The lowest BCUT2D eigenvalue weighted by Gasteiger charge is -2.33. The van der Waals surface area contributed by atoms with E-state index in [1.807, 2.05) is 0 Å². The van der Waals surface area contributed by atoms with Crippen molar-refractivity contribution in [3.63, 3.8) is 0 Å². The minimum atomic E-state index is -7.87. The van der Waals surface area contributed by atoms with Crippen LogP contribution in [0.5, 0.6) is 0 Å². The van der Waals surface area contributed by atoms with Crippen LogP contribution in [0.25, 0.3) is 0 Å². The summed E-state index contributed by atoms with van der Waals surface area (Å²) >= 11 is 0. The Bertz CT molecular complexity index is 558. The predicted octanol–water partition coefficient (Wildman–Crippen LogP) is 3.79. The number of halogens is 12. The Morgan fingerprint density at radius 1 is 0.818 bits per heavy atom. The molecular formula is C6F12O3S. The molecule has 1 unspecified atom stereocenters. The molecule has 0 aromatic heterocycles. The van der Waals surface area contributed by atoms with Gasteiger partial charge in [-0.3, -0.25) is 4.74 Å². The molecule has 0 radical (unpaired) electrons. The van der Waals surface area contributed by atoms with Gasteiger partial charge in [0.25, 0.3) is 5.83 Å². The van der Waals surface area contributed by atoms with E-state index in [2.05, 4.69) is 0 Å². The Kier molecular flexibility index (Phi) is 5.17. The highest BCUT2D eigenvalue weighted by molar-refractivity contribution is 7.87. The third kappa shape index (κ3) is 3.41. The summed E-state index contributed by atoms with van der Waals surface area (Å²) in [6, 6.07) is 0. The smallest absolute Gasteiger partial charge is 0.263 e. The molecule has 0 aromatic rings. The van der Waals surface area contributed by atoms with Crippen LogP contribution in [-0.2, 0) is 15.0 Å². The monoisotopic (exact) mass is 380 g/mol. The largest absolute Gasteiger partial charge is 0.456 e. The predicted molar refractivity (Wildman–Crippen MR) is 41.3 cm³/mol. The van der Waals surface area contributed by atoms with E-state index in [4.69, 9.17) is 0 Å². The average molecular weight is 380 g/mol. The number of rotatable bonds is 5. The van der Waals surface area contributed by atoms with E-state index in [1.165, 1.54) is 0 Å². The highest BCUT2D eigenvalue weighted by Gasteiger charge is 2.82. The fraction of sp³-hybridized carbons (Fsp3) is 0.667. The van der Waals surface area contributed by atoms with Crippen molar-refractivity contribution in [3.05, 3.63) is 11.9 Å². The highest BCUT2D eigenvalue weighted by atomic mass is 32.3. The molecule has 0 spiro atoms. The lowest BCUT2D eigenvalue weighted by atomic mass is 10.3. The van der Waals surface area contributed by atoms with Crippen LogP contribution in [0.3, 0.4) is 0 Å². The van der Waals surface area contributed by atoms with Crippen molar-refractivity contribution < 1.29 is 65.3 Å². The van der Waals surface area contributed by atoms with Crippen molar-refractivity contribution in [3.8, 4) is 0 Å². The van der Waals surface area contributed by atoms with E-state index in [0.717, 1.165) is 0 Å². The summed E-state index contributed by atoms with van der Waals surface area (Å²) in [6.45, 7) is 0. The van der Waals surface area contributed by atoms with Gasteiger partial charge < -0.3 is 0 Å². The van der Waals surface area contributed by atoms with Crippen molar-refractivity contribution in [1.82, 2.24) is 0 Å². The maximum Gasteiger partial charge on any atom is 0.456 e. The zero-order valence-corrected chi connectivity index (χ0v) is 9.99. The van der Waals surface area contributed by atoms with Gasteiger partial charge in [0.2, 0.25) is 0 Å². The summed E-state index contributed by atoms with van der Waals surface area (Å²) in [7, 11) is -7.87. The summed E-state index contributed by atoms with van der Waals surface area (Å²) in [5.41, 5.74) is 0. The lowest BCUT2D eigenvalue weighted by molar-refractivity contribution is -0.439. The first-order valence-corrected chi connectivity index (χ1v) is 5.56. The van der Waals surface area contributed by atoms with Crippen LogP contribution < -0.4 is 0 Å². The number of hydrogen-bond acceptors (Lipinski definition) is 3. The van der Waals surface area contributed by atoms with Gasteiger partial charge in [-0.15, -0.1) is 0 Å². The van der Waals surface area contributed by atoms with Crippen LogP contribution in [0, 0.1) is 0 Å². The molecule has 0 rings (SSSR count). The normalized spacial score (nSPS) is 17.1. The van der Waals surface area contributed by atoms with Gasteiger partial charge in [0, 0.05) is 0 Å². The van der Waals surface area contributed by atoms with E-state index < -0.39 is 45.5 Å². The van der Waals surface area contributed by atoms with E-state index in [1.54, 1.807) is 4.74 Å². The molecule has 0 fully saturated rings. The van der Waals surface area contributed by atoms with Crippen LogP contribution >= 0.6 is 0 Å². The first-order valence-electron chi connectivity index (χ1n) is 4.18. The minimum absolute atomic E-state index is 1.60. The molecule has 0 N–H and O–H groups in total. The Balaban J connectivity index is 6.29. The van der Waals surface area contributed by atoms with Crippen molar-refractivity contribution in [2.45, 2.75) is 23.4 Å². The lowest BCUT2D eigenvalue weighted by Crippen LogP contribution is -2.62. The van der Waals surface area contributed by atoms with Gasteiger partial charge in [-0.05, 0) is 0 Å². The fourth-order valence-corrected chi connectivity index (χ4v) is 1.24. The third-order valence-electron chi connectivity index (χ3n) is 1.74. The second-order valence-electron chi connectivity index (χ2n) is 3.24. The molecule has 0 heterocycles. The molecule has 1 atom stereocenters. The summed E-state index contributed by atoms with van der Waals surface area (Å²) in [5.74, 6) is -11.6. The molecule has 22 heavy (non-hydrogen) atoms. The van der Waals surface area contributed by atoms with Crippen LogP contribution in [0.1, 0.15) is 0 Å². The first kappa shape index (κ1) is 20.8. The van der Waals surface area contributed by atoms with Crippen molar-refractivity contribution in [2.24, 2.45) is 0 Å². The maximum absolute atomic E-state index is 13.1. The molecule has 16 heteroatoms. The van der Waals surface area contributed by atoms with E-state index >= 15 is 0 Å². The summed E-state index contributed by atoms with van der Waals surface area (Å²) < 4.78 is 168. The summed E-state index contributed by atoms with van der Waals surface area (Å²) in [6.07, 6.45) is -18.2. The Morgan fingerprint density at radius 3 is 1.41 bits per heavy atom. The minimum Gasteiger partial charge on any atom is -0.263 e.